The number of anilines is 1. The monoisotopic (exact) mass is 311 g/mol. The van der Waals surface area contributed by atoms with Gasteiger partial charge in [0.1, 0.15) is 0 Å². The van der Waals surface area contributed by atoms with E-state index < -0.39 is 15.8 Å². The van der Waals surface area contributed by atoms with Gasteiger partial charge in [-0.25, -0.2) is 12.8 Å². The van der Waals surface area contributed by atoms with Crippen molar-refractivity contribution in [3.05, 3.63) is 22.4 Å². The van der Waals surface area contributed by atoms with Gasteiger partial charge in [-0.3, -0.25) is 4.31 Å². The predicted molar refractivity (Wildman–Crippen MR) is 63.9 cm³/mol. The molecular formula is C9H11BrFNO3S. The predicted octanol–water partition coefficient (Wildman–Crippen LogP) is 1.99. The van der Waals surface area contributed by atoms with E-state index in [2.05, 4.69) is 15.9 Å². The average Bonchev–Trinajstić information content (AvgIpc) is 2.14. The maximum atomic E-state index is 13.5. The van der Waals surface area contributed by atoms with Gasteiger partial charge < -0.3 is 4.74 Å². The van der Waals surface area contributed by atoms with Gasteiger partial charge in [0.05, 0.1) is 19.1 Å². The molecule has 0 unspecified atom stereocenters. The van der Waals surface area contributed by atoms with Crippen LogP contribution in [0.5, 0.6) is 5.75 Å². The maximum absolute atomic E-state index is 13.5. The molecule has 1 aromatic rings. The molecule has 7 heteroatoms. The van der Waals surface area contributed by atoms with Crippen LogP contribution in [0.15, 0.2) is 16.6 Å². The second-order valence-electron chi connectivity index (χ2n) is 3.17. The van der Waals surface area contributed by atoms with Crippen LogP contribution >= 0.6 is 15.9 Å². The van der Waals surface area contributed by atoms with Gasteiger partial charge in [-0.15, -0.1) is 0 Å². The summed E-state index contributed by atoms with van der Waals surface area (Å²) in [6, 6.07) is 2.68. The lowest BCUT2D eigenvalue weighted by Gasteiger charge is -2.20. The number of nitrogens with zero attached hydrogens (tertiary/aromatic N) is 1. The van der Waals surface area contributed by atoms with Crippen molar-refractivity contribution in [1.29, 1.82) is 0 Å². The first-order valence-electron chi connectivity index (χ1n) is 4.24. The van der Waals surface area contributed by atoms with Crippen molar-refractivity contribution in [2.24, 2.45) is 0 Å². The van der Waals surface area contributed by atoms with Gasteiger partial charge in [0.2, 0.25) is 10.0 Å². The first kappa shape index (κ1) is 13.2. The van der Waals surface area contributed by atoms with Crippen LogP contribution in [0, 0.1) is 5.82 Å². The highest BCUT2D eigenvalue weighted by molar-refractivity contribution is 9.10. The van der Waals surface area contributed by atoms with E-state index in [1.165, 1.54) is 26.3 Å². The quantitative estimate of drug-likeness (QED) is 0.857. The minimum absolute atomic E-state index is 0.101. The average molecular weight is 312 g/mol. The van der Waals surface area contributed by atoms with Crippen molar-refractivity contribution >= 4 is 31.6 Å². The molecule has 0 saturated carbocycles. The number of hydrogen-bond acceptors (Lipinski definition) is 3. The normalized spacial score (nSPS) is 11.3. The zero-order valence-corrected chi connectivity index (χ0v) is 11.4. The smallest absolute Gasteiger partial charge is 0.232 e. The van der Waals surface area contributed by atoms with Crippen LogP contribution in [-0.4, -0.2) is 28.8 Å². The first-order valence-corrected chi connectivity index (χ1v) is 6.88. The van der Waals surface area contributed by atoms with Gasteiger partial charge in [0.25, 0.3) is 0 Å². The number of benzene rings is 1. The molecule has 1 rings (SSSR count). The third kappa shape index (κ3) is 2.65. The fraction of sp³-hybridized carbons (Fsp3) is 0.333. The summed E-state index contributed by atoms with van der Waals surface area (Å²) in [7, 11) is -0.840. The summed E-state index contributed by atoms with van der Waals surface area (Å²) in [5.41, 5.74) is 0.150. The van der Waals surface area contributed by atoms with E-state index in [1.807, 2.05) is 0 Å². The molecular weight excluding hydrogens is 301 g/mol. The third-order valence-electron chi connectivity index (χ3n) is 2.03. The van der Waals surface area contributed by atoms with Gasteiger partial charge in [-0.1, -0.05) is 15.9 Å². The van der Waals surface area contributed by atoms with Crippen LogP contribution in [0.3, 0.4) is 0 Å². The summed E-state index contributed by atoms with van der Waals surface area (Å²) in [6.45, 7) is 0. The van der Waals surface area contributed by atoms with Gasteiger partial charge in [0.15, 0.2) is 11.6 Å². The highest BCUT2D eigenvalue weighted by Crippen LogP contribution is 2.34. The molecule has 0 saturated heterocycles. The lowest BCUT2D eigenvalue weighted by atomic mass is 10.3. The molecule has 0 fully saturated rings. The highest BCUT2D eigenvalue weighted by atomic mass is 79.9. The van der Waals surface area contributed by atoms with Gasteiger partial charge in [-0.2, -0.15) is 0 Å². The van der Waals surface area contributed by atoms with Crippen molar-refractivity contribution in [1.82, 2.24) is 0 Å². The summed E-state index contributed by atoms with van der Waals surface area (Å²) < 4.78 is 42.4. The van der Waals surface area contributed by atoms with E-state index in [1.54, 1.807) is 0 Å². The van der Waals surface area contributed by atoms with Gasteiger partial charge in [-0.05, 0) is 12.1 Å². The summed E-state index contributed by atoms with van der Waals surface area (Å²) in [6.07, 6.45) is 1.03. The van der Waals surface area contributed by atoms with Crippen molar-refractivity contribution < 1.29 is 17.5 Å². The minimum atomic E-state index is -3.46. The second-order valence-corrected chi connectivity index (χ2v) is 6.10. The van der Waals surface area contributed by atoms with Crippen LogP contribution in [0.4, 0.5) is 10.1 Å². The Bertz CT molecular complexity index is 504. The van der Waals surface area contributed by atoms with Crippen molar-refractivity contribution in [3.63, 3.8) is 0 Å². The molecule has 0 aliphatic heterocycles. The van der Waals surface area contributed by atoms with Crippen molar-refractivity contribution in [3.8, 4) is 5.75 Å². The Kier molecular flexibility index (Phi) is 3.80. The summed E-state index contributed by atoms with van der Waals surface area (Å²) in [5.74, 6) is -0.724. The number of ether oxygens (including phenoxy) is 1. The van der Waals surface area contributed by atoms with E-state index in [9.17, 15) is 12.8 Å². The minimum Gasteiger partial charge on any atom is -0.492 e. The Balaban J connectivity index is 3.43. The van der Waals surface area contributed by atoms with E-state index in [4.69, 9.17) is 4.74 Å². The van der Waals surface area contributed by atoms with Crippen molar-refractivity contribution in [2.45, 2.75) is 0 Å². The van der Waals surface area contributed by atoms with Crippen LogP contribution in [0.2, 0.25) is 0 Å². The molecule has 16 heavy (non-hydrogen) atoms. The summed E-state index contributed by atoms with van der Waals surface area (Å²) >= 11 is 3.09. The maximum Gasteiger partial charge on any atom is 0.232 e. The number of hydrogen-bond donors (Lipinski definition) is 0. The number of methoxy groups -OCH3 is 1. The number of halogens is 2. The topological polar surface area (TPSA) is 46.6 Å². The molecule has 0 radical (unpaired) electrons. The molecule has 0 N–H and O–H groups in total. The number of rotatable bonds is 3. The molecule has 90 valence electrons. The summed E-state index contributed by atoms with van der Waals surface area (Å²) in [4.78, 5) is 0. The largest absolute Gasteiger partial charge is 0.492 e. The Morgan fingerprint density at radius 3 is 2.44 bits per heavy atom. The second kappa shape index (κ2) is 4.58. The molecule has 0 aliphatic carbocycles. The SMILES string of the molecule is COc1c(F)cc(Br)cc1N(C)S(C)(=O)=O. The van der Waals surface area contributed by atoms with E-state index in [0.29, 0.717) is 4.47 Å². The summed E-state index contributed by atoms with van der Waals surface area (Å²) in [5, 5.41) is 0. The van der Waals surface area contributed by atoms with Crippen LogP contribution in [-0.2, 0) is 10.0 Å². The molecule has 0 spiro atoms. The van der Waals surface area contributed by atoms with Crippen LogP contribution < -0.4 is 9.04 Å². The molecule has 1 aromatic carbocycles. The Hall–Kier alpha value is -0.820. The molecule has 0 atom stereocenters. The third-order valence-corrected chi connectivity index (χ3v) is 3.68. The fourth-order valence-electron chi connectivity index (χ4n) is 1.16. The Labute approximate surface area is 102 Å². The molecule has 0 amide bonds. The molecule has 0 bridgehead atoms. The fourth-order valence-corrected chi connectivity index (χ4v) is 2.07. The zero-order valence-electron chi connectivity index (χ0n) is 8.99. The molecule has 0 aromatic heterocycles. The standard InChI is InChI=1S/C9H11BrFNO3S/c1-12(16(3,13)14)8-5-6(10)4-7(11)9(8)15-2/h4-5H,1-3H3. The van der Waals surface area contributed by atoms with Crippen LogP contribution in [0.1, 0.15) is 0 Å². The molecule has 0 heterocycles. The van der Waals surface area contributed by atoms with E-state index in [0.717, 1.165) is 10.6 Å². The Morgan fingerprint density at radius 2 is 2.00 bits per heavy atom. The highest BCUT2D eigenvalue weighted by Gasteiger charge is 2.20. The van der Waals surface area contributed by atoms with Crippen LogP contribution in [0.25, 0.3) is 0 Å². The van der Waals surface area contributed by atoms with E-state index >= 15 is 0 Å². The molecule has 0 aliphatic rings. The van der Waals surface area contributed by atoms with Gasteiger partial charge in [0, 0.05) is 11.5 Å². The lowest BCUT2D eigenvalue weighted by Crippen LogP contribution is -2.25. The Morgan fingerprint density at radius 1 is 1.44 bits per heavy atom. The van der Waals surface area contributed by atoms with Crippen molar-refractivity contribution in [2.75, 3.05) is 24.7 Å². The lowest BCUT2D eigenvalue weighted by molar-refractivity contribution is 0.387. The number of sulfonamides is 1. The molecule has 4 nitrogen and oxygen atoms in total. The van der Waals surface area contributed by atoms with Gasteiger partial charge >= 0.3 is 0 Å². The first-order chi connectivity index (χ1) is 7.27. The zero-order chi connectivity index (χ0) is 12.5. The van der Waals surface area contributed by atoms with E-state index in [-0.39, 0.29) is 11.4 Å².